The van der Waals surface area contributed by atoms with Crippen molar-refractivity contribution in [3.05, 3.63) is 0 Å². The van der Waals surface area contributed by atoms with Crippen LogP contribution in [0.4, 0.5) is 0 Å². The zero-order valence-electron chi connectivity index (χ0n) is 14.0. The van der Waals surface area contributed by atoms with E-state index in [0.29, 0.717) is 6.04 Å². The number of hydrogen-bond donors (Lipinski definition) is 2. The lowest BCUT2D eigenvalue weighted by atomic mass is 10.2. The van der Waals surface area contributed by atoms with E-state index < -0.39 is 0 Å². The molecular weight excluding hydrogens is 395 g/mol. The van der Waals surface area contributed by atoms with Gasteiger partial charge in [0.15, 0.2) is 5.96 Å². The van der Waals surface area contributed by atoms with Gasteiger partial charge in [0.1, 0.15) is 0 Å². The van der Waals surface area contributed by atoms with Crippen LogP contribution >= 0.6 is 35.7 Å². The number of likely N-dealkylation sites (N-methyl/N-ethyl adjacent to an activating group) is 1. The highest BCUT2D eigenvalue weighted by Crippen LogP contribution is 2.34. The van der Waals surface area contributed by atoms with Crippen LogP contribution < -0.4 is 10.6 Å². The molecule has 1 unspecified atom stereocenters. The standard InChI is InChI=1S/C15H32N4S.HI/c1-5-16-15(17-10-6-7-11-20-4)18-12-14(19(2)3)13-8-9-13;/h13-14H,5-12H2,1-4H3,(H2,16,17,18);1H. The normalized spacial score (nSPS) is 16.5. The molecule has 0 spiro atoms. The minimum Gasteiger partial charge on any atom is -0.357 e. The summed E-state index contributed by atoms with van der Waals surface area (Å²) in [6.07, 6.45) is 7.40. The molecule has 0 radical (unpaired) electrons. The van der Waals surface area contributed by atoms with Gasteiger partial charge in [0.05, 0.1) is 6.54 Å². The van der Waals surface area contributed by atoms with Gasteiger partial charge in [0, 0.05) is 19.1 Å². The topological polar surface area (TPSA) is 39.7 Å². The molecule has 2 N–H and O–H groups in total. The summed E-state index contributed by atoms with van der Waals surface area (Å²) in [5.41, 5.74) is 0. The van der Waals surface area contributed by atoms with Gasteiger partial charge in [-0.2, -0.15) is 11.8 Å². The summed E-state index contributed by atoms with van der Waals surface area (Å²) in [6, 6.07) is 0.599. The number of rotatable bonds is 10. The Labute approximate surface area is 152 Å². The smallest absolute Gasteiger partial charge is 0.191 e. The van der Waals surface area contributed by atoms with Crippen molar-refractivity contribution < 1.29 is 0 Å². The second kappa shape index (κ2) is 12.8. The van der Waals surface area contributed by atoms with Crippen LogP contribution in [-0.2, 0) is 0 Å². The number of thioether (sulfide) groups is 1. The van der Waals surface area contributed by atoms with Gasteiger partial charge in [-0.1, -0.05) is 0 Å². The maximum atomic E-state index is 4.76. The maximum absolute atomic E-state index is 4.76. The van der Waals surface area contributed by atoms with Crippen LogP contribution in [0.15, 0.2) is 4.99 Å². The average Bonchev–Trinajstić information content (AvgIpc) is 3.22. The van der Waals surface area contributed by atoms with Crippen molar-refractivity contribution in [3.63, 3.8) is 0 Å². The highest BCUT2D eigenvalue weighted by atomic mass is 127. The number of unbranched alkanes of at least 4 members (excludes halogenated alkanes) is 1. The molecule has 1 fully saturated rings. The van der Waals surface area contributed by atoms with E-state index in [9.17, 15) is 0 Å². The van der Waals surface area contributed by atoms with E-state index in [-0.39, 0.29) is 24.0 Å². The Hall–Kier alpha value is 0.310. The van der Waals surface area contributed by atoms with Gasteiger partial charge in [-0.3, -0.25) is 4.99 Å². The van der Waals surface area contributed by atoms with Crippen molar-refractivity contribution >= 4 is 41.7 Å². The molecule has 0 amide bonds. The van der Waals surface area contributed by atoms with Crippen LogP contribution in [0.5, 0.6) is 0 Å². The lowest BCUT2D eigenvalue weighted by molar-refractivity contribution is 0.271. The van der Waals surface area contributed by atoms with Gasteiger partial charge in [0.2, 0.25) is 0 Å². The van der Waals surface area contributed by atoms with Crippen molar-refractivity contribution in [2.75, 3.05) is 45.7 Å². The summed E-state index contributed by atoms with van der Waals surface area (Å²) in [5.74, 6) is 3.09. The Kier molecular flexibility index (Phi) is 13.0. The van der Waals surface area contributed by atoms with Crippen LogP contribution in [0.2, 0.25) is 0 Å². The van der Waals surface area contributed by atoms with Crippen molar-refractivity contribution in [3.8, 4) is 0 Å². The fourth-order valence-corrected chi connectivity index (χ4v) is 2.81. The molecule has 1 aliphatic carbocycles. The van der Waals surface area contributed by atoms with Crippen LogP contribution in [-0.4, -0.2) is 62.6 Å². The number of nitrogens with one attached hydrogen (secondary N) is 2. The summed E-state index contributed by atoms with van der Waals surface area (Å²) in [4.78, 5) is 7.08. The first-order valence-corrected chi connectivity index (χ1v) is 9.26. The molecule has 1 rings (SSSR count). The summed E-state index contributed by atoms with van der Waals surface area (Å²) in [5, 5.41) is 6.79. The summed E-state index contributed by atoms with van der Waals surface area (Å²) < 4.78 is 0. The lowest BCUT2D eigenvalue weighted by Gasteiger charge is -2.23. The van der Waals surface area contributed by atoms with Gasteiger partial charge >= 0.3 is 0 Å². The van der Waals surface area contributed by atoms with Gasteiger partial charge in [0.25, 0.3) is 0 Å². The molecule has 0 bridgehead atoms. The van der Waals surface area contributed by atoms with Crippen molar-refractivity contribution in [2.24, 2.45) is 10.9 Å². The highest BCUT2D eigenvalue weighted by Gasteiger charge is 2.32. The molecule has 6 heteroatoms. The van der Waals surface area contributed by atoms with E-state index in [1.165, 1.54) is 31.4 Å². The second-order valence-corrected chi connectivity index (χ2v) is 6.70. The van der Waals surface area contributed by atoms with Gasteiger partial charge in [-0.05, 0) is 64.6 Å². The Morgan fingerprint density at radius 2 is 2.00 bits per heavy atom. The number of guanidine groups is 1. The number of nitrogens with zero attached hydrogens (tertiary/aromatic N) is 2. The van der Waals surface area contributed by atoms with E-state index >= 15 is 0 Å². The molecule has 4 nitrogen and oxygen atoms in total. The van der Waals surface area contributed by atoms with Gasteiger partial charge < -0.3 is 15.5 Å². The average molecular weight is 428 g/mol. The predicted molar refractivity (Wildman–Crippen MR) is 107 cm³/mol. The second-order valence-electron chi connectivity index (χ2n) is 5.71. The molecule has 0 aliphatic heterocycles. The third-order valence-corrected chi connectivity index (χ3v) is 4.37. The Balaban J connectivity index is 0.00000400. The first kappa shape index (κ1) is 21.3. The molecule has 1 atom stereocenters. The summed E-state index contributed by atoms with van der Waals surface area (Å²) in [7, 11) is 4.34. The zero-order chi connectivity index (χ0) is 14.8. The Bertz CT molecular complexity index is 281. The van der Waals surface area contributed by atoms with E-state index in [1.54, 1.807) is 0 Å². The summed E-state index contributed by atoms with van der Waals surface area (Å²) >= 11 is 1.92. The molecule has 1 aliphatic rings. The van der Waals surface area contributed by atoms with E-state index in [0.717, 1.165) is 31.5 Å². The molecule has 126 valence electrons. The van der Waals surface area contributed by atoms with Crippen LogP contribution in [0.3, 0.4) is 0 Å². The number of aliphatic imine (C=N–C) groups is 1. The van der Waals surface area contributed by atoms with Crippen LogP contribution in [0.25, 0.3) is 0 Å². The van der Waals surface area contributed by atoms with Crippen molar-refractivity contribution in [1.82, 2.24) is 15.5 Å². The summed E-state index contributed by atoms with van der Waals surface area (Å²) in [6.45, 7) is 4.96. The van der Waals surface area contributed by atoms with E-state index in [2.05, 4.69) is 42.8 Å². The minimum absolute atomic E-state index is 0. The monoisotopic (exact) mass is 428 g/mol. The zero-order valence-corrected chi connectivity index (χ0v) is 17.2. The SMILES string of the molecule is CCNC(=NCC(C1CC1)N(C)C)NCCCCSC.I. The first-order chi connectivity index (χ1) is 9.69. The Morgan fingerprint density at radius 1 is 1.29 bits per heavy atom. The molecular formula is C15H33IN4S. The molecule has 0 heterocycles. The third-order valence-electron chi connectivity index (χ3n) is 3.68. The van der Waals surface area contributed by atoms with Crippen molar-refractivity contribution in [2.45, 2.75) is 38.6 Å². The molecule has 0 aromatic heterocycles. The van der Waals surface area contributed by atoms with Gasteiger partial charge in [-0.15, -0.1) is 24.0 Å². The predicted octanol–water partition coefficient (Wildman–Crippen LogP) is 2.64. The first-order valence-electron chi connectivity index (χ1n) is 7.86. The Morgan fingerprint density at radius 3 is 2.52 bits per heavy atom. The molecule has 0 aromatic rings. The fraction of sp³-hybridized carbons (Fsp3) is 0.933. The maximum Gasteiger partial charge on any atom is 0.191 e. The third kappa shape index (κ3) is 9.84. The quantitative estimate of drug-likeness (QED) is 0.243. The number of hydrogen-bond acceptors (Lipinski definition) is 3. The molecule has 1 saturated carbocycles. The van der Waals surface area contributed by atoms with E-state index in [4.69, 9.17) is 4.99 Å². The van der Waals surface area contributed by atoms with E-state index in [1.807, 2.05) is 11.8 Å². The number of halogens is 1. The molecule has 0 aromatic carbocycles. The van der Waals surface area contributed by atoms with Crippen LogP contribution in [0.1, 0.15) is 32.6 Å². The minimum atomic E-state index is 0. The van der Waals surface area contributed by atoms with Crippen molar-refractivity contribution in [1.29, 1.82) is 0 Å². The largest absolute Gasteiger partial charge is 0.357 e. The fourth-order valence-electron chi connectivity index (χ4n) is 2.32. The molecule has 21 heavy (non-hydrogen) atoms. The van der Waals surface area contributed by atoms with Gasteiger partial charge in [-0.25, -0.2) is 0 Å². The highest BCUT2D eigenvalue weighted by molar-refractivity contribution is 14.0. The molecule has 0 saturated heterocycles. The lowest BCUT2D eigenvalue weighted by Crippen LogP contribution is -2.40. The van der Waals surface area contributed by atoms with Crippen LogP contribution in [0, 0.1) is 5.92 Å².